The summed E-state index contributed by atoms with van der Waals surface area (Å²) < 4.78 is 5.44. The molecular weight excluding hydrogens is 538 g/mol. The molecular formula is C34H28ClNO5. The Morgan fingerprint density at radius 1 is 0.829 bits per heavy atom. The Bertz CT molecular complexity index is 1810. The van der Waals surface area contributed by atoms with E-state index in [2.05, 4.69) is 4.98 Å². The topological polar surface area (TPSA) is 99.6 Å². The van der Waals surface area contributed by atoms with E-state index in [1.807, 2.05) is 66.7 Å². The molecule has 41 heavy (non-hydrogen) atoms. The van der Waals surface area contributed by atoms with Gasteiger partial charge < -0.3 is 19.9 Å². The molecule has 0 aliphatic carbocycles. The number of nitrogens with one attached hydrogen (secondary N) is 1. The monoisotopic (exact) mass is 565 g/mol. The standard InChI is InChI=1S/C34H28ClNO5/c35-29-19-30-25(16-27(29)23-9-10-26(31(37)18-23)20-5-2-1-3-6-20)17-28(33(38)36-30)22-7-4-8-24(15-22)32(34(39)40)21-11-13-41-14-12-21/h1-10,15-19,21,32,37H,11-14H2,(H,36,38)(H,39,40). The number of carboxylic acid groups (broad SMARTS) is 1. The van der Waals surface area contributed by atoms with Crippen molar-refractivity contribution in [1.82, 2.24) is 4.98 Å². The van der Waals surface area contributed by atoms with Gasteiger partial charge in [-0.15, -0.1) is 0 Å². The number of fused-ring (bicyclic) bond motifs is 1. The van der Waals surface area contributed by atoms with Gasteiger partial charge in [-0.1, -0.05) is 78.3 Å². The summed E-state index contributed by atoms with van der Waals surface area (Å²) in [5, 5.41) is 22.1. The van der Waals surface area contributed by atoms with Gasteiger partial charge in [0.05, 0.1) is 10.9 Å². The molecule has 6 rings (SSSR count). The van der Waals surface area contributed by atoms with E-state index < -0.39 is 11.9 Å². The van der Waals surface area contributed by atoms with Crippen molar-refractivity contribution >= 4 is 28.5 Å². The first-order valence-electron chi connectivity index (χ1n) is 13.6. The summed E-state index contributed by atoms with van der Waals surface area (Å²) in [6, 6.07) is 27.7. The van der Waals surface area contributed by atoms with Crippen LogP contribution in [-0.4, -0.2) is 34.4 Å². The van der Waals surface area contributed by atoms with Crippen molar-refractivity contribution in [3.8, 4) is 39.1 Å². The largest absolute Gasteiger partial charge is 0.507 e. The maximum Gasteiger partial charge on any atom is 0.311 e. The highest BCUT2D eigenvalue weighted by Crippen LogP contribution is 2.38. The van der Waals surface area contributed by atoms with Gasteiger partial charge in [0, 0.05) is 35.4 Å². The van der Waals surface area contributed by atoms with E-state index in [4.69, 9.17) is 16.3 Å². The predicted molar refractivity (Wildman–Crippen MR) is 161 cm³/mol. The van der Waals surface area contributed by atoms with Gasteiger partial charge in [0.2, 0.25) is 0 Å². The summed E-state index contributed by atoms with van der Waals surface area (Å²) in [5.41, 5.74) is 5.13. The molecule has 1 atom stereocenters. The normalized spacial score (nSPS) is 14.7. The molecule has 1 saturated heterocycles. The number of aromatic nitrogens is 1. The first kappa shape index (κ1) is 26.8. The van der Waals surface area contributed by atoms with E-state index in [-0.39, 0.29) is 17.2 Å². The van der Waals surface area contributed by atoms with Gasteiger partial charge in [0.15, 0.2) is 0 Å². The first-order valence-corrected chi connectivity index (χ1v) is 13.9. The van der Waals surface area contributed by atoms with Crippen molar-refractivity contribution in [2.45, 2.75) is 18.8 Å². The minimum atomic E-state index is -0.873. The van der Waals surface area contributed by atoms with E-state index in [1.54, 1.807) is 24.3 Å². The fourth-order valence-electron chi connectivity index (χ4n) is 5.79. The van der Waals surface area contributed by atoms with Crippen LogP contribution < -0.4 is 5.56 Å². The second kappa shape index (κ2) is 11.2. The third-order valence-corrected chi connectivity index (χ3v) is 8.20. The maximum absolute atomic E-state index is 13.2. The predicted octanol–water partition coefficient (Wildman–Crippen LogP) is 7.48. The Kier molecular flexibility index (Phi) is 7.35. The Morgan fingerprint density at radius 2 is 1.54 bits per heavy atom. The quantitative estimate of drug-likeness (QED) is 0.198. The second-order valence-electron chi connectivity index (χ2n) is 10.4. The molecule has 0 bridgehead atoms. The van der Waals surface area contributed by atoms with Crippen molar-refractivity contribution in [2.75, 3.05) is 13.2 Å². The number of benzene rings is 4. The summed E-state index contributed by atoms with van der Waals surface area (Å²) >= 11 is 6.65. The Hall–Kier alpha value is -4.39. The number of halogens is 1. The minimum Gasteiger partial charge on any atom is -0.507 e. The summed E-state index contributed by atoms with van der Waals surface area (Å²) in [4.78, 5) is 28.4. The summed E-state index contributed by atoms with van der Waals surface area (Å²) in [6.07, 6.45) is 1.37. The smallest absolute Gasteiger partial charge is 0.311 e. The number of H-pyrrole nitrogens is 1. The molecule has 5 aromatic rings. The zero-order valence-corrected chi connectivity index (χ0v) is 22.9. The van der Waals surface area contributed by atoms with Crippen molar-refractivity contribution in [1.29, 1.82) is 0 Å². The molecule has 206 valence electrons. The van der Waals surface area contributed by atoms with Gasteiger partial charge in [0.1, 0.15) is 5.75 Å². The van der Waals surface area contributed by atoms with E-state index in [0.29, 0.717) is 58.8 Å². The van der Waals surface area contributed by atoms with Crippen LogP contribution in [0.4, 0.5) is 0 Å². The Labute approximate surface area is 241 Å². The van der Waals surface area contributed by atoms with Crippen LogP contribution in [0.1, 0.15) is 24.3 Å². The Balaban J connectivity index is 1.39. The lowest BCUT2D eigenvalue weighted by Crippen LogP contribution is -2.27. The van der Waals surface area contributed by atoms with Gasteiger partial charge >= 0.3 is 5.97 Å². The van der Waals surface area contributed by atoms with Crippen LogP contribution in [0.3, 0.4) is 0 Å². The third kappa shape index (κ3) is 5.36. The molecule has 0 spiro atoms. The number of carbonyl (C=O) groups is 1. The fourth-order valence-corrected chi connectivity index (χ4v) is 6.06. The molecule has 0 saturated carbocycles. The number of phenolic OH excluding ortho intramolecular Hbond substituents is 1. The number of hydrogen-bond donors (Lipinski definition) is 3. The van der Waals surface area contributed by atoms with Crippen LogP contribution in [-0.2, 0) is 9.53 Å². The number of ether oxygens (including phenoxy) is 1. The number of aromatic amines is 1. The first-order chi connectivity index (χ1) is 19.9. The zero-order chi connectivity index (χ0) is 28.5. The second-order valence-corrected chi connectivity index (χ2v) is 10.8. The van der Waals surface area contributed by atoms with Crippen LogP contribution in [0.2, 0.25) is 5.02 Å². The maximum atomic E-state index is 13.2. The van der Waals surface area contributed by atoms with Crippen LogP contribution in [0.15, 0.2) is 95.8 Å². The van der Waals surface area contributed by atoms with E-state index in [0.717, 1.165) is 22.1 Å². The van der Waals surface area contributed by atoms with Crippen LogP contribution in [0.25, 0.3) is 44.3 Å². The molecule has 1 unspecified atom stereocenters. The summed E-state index contributed by atoms with van der Waals surface area (Å²) in [5.74, 6) is -1.43. The highest BCUT2D eigenvalue weighted by Gasteiger charge is 2.31. The molecule has 1 aromatic heterocycles. The number of pyridine rings is 1. The molecule has 2 heterocycles. The van der Waals surface area contributed by atoms with Crippen LogP contribution >= 0.6 is 11.6 Å². The van der Waals surface area contributed by atoms with Gasteiger partial charge in [-0.05, 0) is 70.7 Å². The molecule has 4 aromatic carbocycles. The van der Waals surface area contributed by atoms with Crippen molar-refractivity contribution in [3.63, 3.8) is 0 Å². The molecule has 0 amide bonds. The average Bonchev–Trinajstić information content (AvgIpc) is 2.97. The van der Waals surface area contributed by atoms with Crippen LogP contribution in [0.5, 0.6) is 5.75 Å². The fraction of sp³-hybridized carbons (Fsp3) is 0.176. The van der Waals surface area contributed by atoms with Crippen molar-refractivity contribution in [3.05, 3.63) is 112 Å². The average molecular weight is 566 g/mol. The van der Waals surface area contributed by atoms with Crippen LogP contribution in [0, 0.1) is 5.92 Å². The Morgan fingerprint density at radius 3 is 2.27 bits per heavy atom. The van der Waals surface area contributed by atoms with E-state index >= 15 is 0 Å². The number of rotatable bonds is 6. The number of hydrogen-bond acceptors (Lipinski definition) is 4. The number of phenols is 1. The van der Waals surface area contributed by atoms with Crippen molar-refractivity contribution in [2.24, 2.45) is 5.92 Å². The molecule has 0 radical (unpaired) electrons. The molecule has 6 nitrogen and oxygen atoms in total. The van der Waals surface area contributed by atoms with Gasteiger partial charge in [-0.3, -0.25) is 9.59 Å². The number of carboxylic acids is 1. The lowest BCUT2D eigenvalue weighted by atomic mass is 9.80. The van der Waals surface area contributed by atoms with Crippen molar-refractivity contribution < 1.29 is 19.7 Å². The lowest BCUT2D eigenvalue weighted by molar-refractivity contribution is -0.141. The molecule has 1 fully saturated rings. The zero-order valence-electron chi connectivity index (χ0n) is 22.1. The SMILES string of the molecule is O=C(O)C(c1cccc(-c2cc3cc(-c4ccc(-c5ccccc5)c(O)c4)c(Cl)cc3[nH]c2=O)c1)C1CCOCC1. The minimum absolute atomic E-state index is 0.0271. The molecule has 3 N–H and O–H groups in total. The number of aliphatic carboxylic acids is 1. The number of aromatic hydroxyl groups is 1. The van der Waals surface area contributed by atoms with Gasteiger partial charge in [-0.25, -0.2) is 0 Å². The molecule has 1 aliphatic rings. The molecule has 1 aliphatic heterocycles. The lowest BCUT2D eigenvalue weighted by Gasteiger charge is -2.28. The molecule has 7 heteroatoms. The van der Waals surface area contributed by atoms with Gasteiger partial charge in [0.25, 0.3) is 5.56 Å². The highest BCUT2D eigenvalue weighted by atomic mass is 35.5. The van der Waals surface area contributed by atoms with Gasteiger partial charge in [-0.2, -0.15) is 0 Å². The highest BCUT2D eigenvalue weighted by molar-refractivity contribution is 6.34. The third-order valence-electron chi connectivity index (χ3n) is 7.89. The van der Waals surface area contributed by atoms with E-state index in [1.165, 1.54) is 0 Å². The summed E-state index contributed by atoms with van der Waals surface area (Å²) in [6.45, 7) is 1.10. The summed E-state index contributed by atoms with van der Waals surface area (Å²) in [7, 11) is 0. The van der Waals surface area contributed by atoms with E-state index in [9.17, 15) is 19.8 Å².